The third kappa shape index (κ3) is 4.33. The maximum absolute atomic E-state index is 11.9. The van der Waals surface area contributed by atoms with Crippen LogP contribution in [-0.2, 0) is 11.8 Å². The van der Waals surface area contributed by atoms with Gasteiger partial charge in [-0.2, -0.15) is 5.10 Å². The van der Waals surface area contributed by atoms with E-state index in [0.717, 1.165) is 5.69 Å². The van der Waals surface area contributed by atoms with Gasteiger partial charge in [0.1, 0.15) is 5.15 Å². The molecule has 0 bridgehead atoms. The lowest BCUT2D eigenvalue weighted by Crippen LogP contribution is -2.19. The van der Waals surface area contributed by atoms with E-state index in [-0.39, 0.29) is 5.91 Å². The highest BCUT2D eigenvalue weighted by atomic mass is 35.5. The number of aryl methyl sites for hydroxylation is 2. The molecule has 3 amide bonds. The quantitative estimate of drug-likeness (QED) is 0.749. The van der Waals surface area contributed by atoms with Gasteiger partial charge in [-0.1, -0.05) is 11.6 Å². The summed E-state index contributed by atoms with van der Waals surface area (Å²) in [7, 11) is 1.73. The minimum Gasteiger partial charge on any atom is -0.351 e. The second-order valence-corrected chi connectivity index (χ2v) is 5.16. The zero-order valence-electron chi connectivity index (χ0n) is 12.6. The highest BCUT2D eigenvalue weighted by Gasteiger charge is 2.08. The van der Waals surface area contributed by atoms with Crippen LogP contribution in [0.4, 0.5) is 16.2 Å². The number of carbonyl (C=O) groups excluding carboxylic acids is 2. The van der Waals surface area contributed by atoms with Gasteiger partial charge in [-0.15, -0.1) is 0 Å². The van der Waals surface area contributed by atoms with E-state index in [0.29, 0.717) is 22.1 Å². The summed E-state index contributed by atoms with van der Waals surface area (Å²) in [6, 6.07) is 5.92. The molecule has 0 spiro atoms. The fourth-order valence-corrected chi connectivity index (χ4v) is 2.20. The molecule has 0 unspecified atom stereocenters. The second kappa shape index (κ2) is 6.97. The Balaban J connectivity index is 2.01. The van der Waals surface area contributed by atoms with Crippen LogP contribution in [0.2, 0.25) is 5.15 Å². The van der Waals surface area contributed by atoms with E-state index >= 15 is 0 Å². The normalized spacial score (nSPS) is 10.7. The standard InChI is InChI=1S/C15H16ClN5O2/c1-9-12(14(16)21(2)20-9)7-8-13(22)18-10-3-5-11(6-4-10)19-15(17)23/h3-8H,1-2H3,(H,18,22)(H3,17,19,23)/b8-7+. The number of anilines is 2. The third-order valence-corrected chi connectivity index (χ3v) is 3.47. The number of nitrogens with two attached hydrogens (primary N) is 1. The van der Waals surface area contributed by atoms with E-state index in [1.165, 1.54) is 6.08 Å². The number of urea groups is 1. The van der Waals surface area contributed by atoms with Crippen molar-refractivity contribution in [2.45, 2.75) is 6.92 Å². The molecular formula is C15H16ClN5O2. The minimum absolute atomic E-state index is 0.306. The molecular weight excluding hydrogens is 318 g/mol. The van der Waals surface area contributed by atoms with Crippen molar-refractivity contribution < 1.29 is 9.59 Å². The zero-order chi connectivity index (χ0) is 17.0. The fraction of sp³-hybridized carbons (Fsp3) is 0.133. The van der Waals surface area contributed by atoms with Crippen LogP contribution in [0.3, 0.4) is 0 Å². The lowest BCUT2D eigenvalue weighted by molar-refractivity contribution is -0.111. The molecule has 1 heterocycles. The first-order valence-electron chi connectivity index (χ1n) is 6.71. The number of primary amides is 1. The summed E-state index contributed by atoms with van der Waals surface area (Å²) in [5.74, 6) is -0.306. The summed E-state index contributed by atoms with van der Waals surface area (Å²) >= 11 is 6.09. The molecule has 0 aliphatic heterocycles. The van der Waals surface area contributed by atoms with Crippen molar-refractivity contribution in [3.63, 3.8) is 0 Å². The first-order chi connectivity index (χ1) is 10.9. The van der Waals surface area contributed by atoms with Crippen LogP contribution < -0.4 is 16.4 Å². The van der Waals surface area contributed by atoms with Crippen molar-refractivity contribution in [2.24, 2.45) is 12.8 Å². The summed E-state index contributed by atoms with van der Waals surface area (Å²) in [5.41, 5.74) is 7.59. The Bertz CT molecular complexity index is 765. The molecule has 0 saturated heterocycles. The van der Waals surface area contributed by atoms with Gasteiger partial charge in [0, 0.05) is 30.1 Å². The van der Waals surface area contributed by atoms with Crippen LogP contribution in [0.15, 0.2) is 30.3 Å². The van der Waals surface area contributed by atoms with Crippen molar-refractivity contribution >= 4 is 41.0 Å². The highest BCUT2D eigenvalue weighted by Crippen LogP contribution is 2.20. The Morgan fingerprint density at radius 3 is 2.26 bits per heavy atom. The Hall–Kier alpha value is -2.80. The Morgan fingerprint density at radius 1 is 1.22 bits per heavy atom. The van der Waals surface area contributed by atoms with Crippen LogP contribution in [0.25, 0.3) is 6.08 Å². The van der Waals surface area contributed by atoms with Gasteiger partial charge in [0.25, 0.3) is 0 Å². The molecule has 0 aliphatic carbocycles. The smallest absolute Gasteiger partial charge is 0.316 e. The maximum Gasteiger partial charge on any atom is 0.316 e. The number of rotatable bonds is 4. The fourth-order valence-electron chi connectivity index (χ4n) is 1.96. The summed E-state index contributed by atoms with van der Waals surface area (Å²) in [4.78, 5) is 22.6. The zero-order valence-corrected chi connectivity index (χ0v) is 13.4. The van der Waals surface area contributed by atoms with Crippen LogP contribution >= 0.6 is 11.6 Å². The topological polar surface area (TPSA) is 102 Å². The van der Waals surface area contributed by atoms with Crippen LogP contribution in [0.1, 0.15) is 11.3 Å². The number of benzene rings is 1. The summed E-state index contributed by atoms with van der Waals surface area (Å²) in [6.07, 6.45) is 2.99. The van der Waals surface area contributed by atoms with Crippen molar-refractivity contribution in [1.82, 2.24) is 9.78 Å². The van der Waals surface area contributed by atoms with Crippen molar-refractivity contribution in [1.29, 1.82) is 0 Å². The summed E-state index contributed by atoms with van der Waals surface area (Å²) in [5, 5.41) is 9.76. The van der Waals surface area contributed by atoms with E-state index in [9.17, 15) is 9.59 Å². The van der Waals surface area contributed by atoms with Gasteiger partial charge in [-0.3, -0.25) is 9.48 Å². The molecule has 0 fully saturated rings. The largest absolute Gasteiger partial charge is 0.351 e. The second-order valence-electron chi connectivity index (χ2n) is 4.80. The average molecular weight is 334 g/mol. The maximum atomic E-state index is 11.9. The predicted molar refractivity (Wildman–Crippen MR) is 90.3 cm³/mol. The van der Waals surface area contributed by atoms with Crippen LogP contribution in [0.5, 0.6) is 0 Å². The lowest BCUT2D eigenvalue weighted by atomic mass is 10.2. The number of carbonyl (C=O) groups is 2. The molecule has 1 aromatic carbocycles. The van der Waals surface area contributed by atoms with Crippen molar-refractivity contribution in [2.75, 3.05) is 10.6 Å². The van der Waals surface area contributed by atoms with Crippen molar-refractivity contribution in [3.8, 4) is 0 Å². The van der Waals surface area contributed by atoms with Crippen LogP contribution in [0, 0.1) is 6.92 Å². The molecule has 0 atom stereocenters. The number of amides is 3. The molecule has 4 N–H and O–H groups in total. The van der Waals surface area contributed by atoms with E-state index in [1.54, 1.807) is 42.1 Å². The van der Waals surface area contributed by atoms with Gasteiger partial charge in [0.05, 0.1) is 5.69 Å². The van der Waals surface area contributed by atoms with Gasteiger partial charge < -0.3 is 16.4 Å². The molecule has 0 aliphatic rings. The molecule has 0 saturated carbocycles. The predicted octanol–water partition coefficient (Wildman–Crippen LogP) is 2.52. The molecule has 7 nitrogen and oxygen atoms in total. The minimum atomic E-state index is -0.645. The SMILES string of the molecule is Cc1nn(C)c(Cl)c1/C=C/C(=O)Nc1ccc(NC(N)=O)cc1. The molecule has 8 heteroatoms. The van der Waals surface area contributed by atoms with E-state index in [2.05, 4.69) is 15.7 Å². The number of hydrogen-bond acceptors (Lipinski definition) is 3. The number of halogens is 1. The molecule has 23 heavy (non-hydrogen) atoms. The first-order valence-corrected chi connectivity index (χ1v) is 7.09. The van der Waals surface area contributed by atoms with E-state index < -0.39 is 6.03 Å². The van der Waals surface area contributed by atoms with Gasteiger partial charge in [0.2, 0.25) is 5.91 Å². The highest BCUT2D eigenvalue weighted by molar-refractivity contribution is 6.31. The van der Waals surface area contributed by atoms with Gasteiger partial charge >= 0.3 is 6.03 Å². The Labute approximate surface area is 138 Å². The number of nitrogens with zero attached hydrogens (tertiary/aromatic N) is 2. The van der Waals surface area contributed by atoms with Gasteiger partial charge in [0.15, 0.2) is 0 Å². The van der Waals surface area contributed by atoms with Crippen LogP contribution in [-0.4, -0.2) is 21.7 Å². The lowest BCUT2D eigenvalue weighted by Gasteiger charge is -2.04. The van der Waals surface area contributed by atoms with Gasteiger partial charge in [-0.25, -0.2) is 4.79 Å². The summed E-state index contributed by atoms with van der Waals surface area (Å²) < 4.78 is 1.54. The first kappa shape index (κ1) is 16.6. The van der Waals surface area contributed by atoms with E-state index in [4.69, 9.17) is 17.3 Å². The molecule has 0 radical (unpaired) electrons. The molecule has 1 aromatic heterocycles. The third-order valence-electron chi connectivity index (χ3n) is 3.02. The average Bonchev–Trinajstić information content (AvgIpc) is 2.72. The molecule has 2 aromatic rings. The molecule has 2 rings (SSSR count). The number of aromatic nitrogens is 2. The Kier molecular flexibility index (Phi) is 5.02. The Morgan fingerprint density at radius 2 is 1.78 bits per heavy atom. The van der Waals surface area contributed by atoms with Crippen molar-refractivity contribution in [3.05, 3.63) is 46.8 Å². The monoisotopic (exact) mass is 333 g/mol. The number of hydrogen-bond donors (Lipinski definition) is 3. The summed E-state index contributed by atoms with van der Waals surface area (Å²) in [6.45, 7) is 1.81. The number of nitrogens with one attached hydrogen (secondary N) is 2. The van der Waals surface area contributed by atoms with E-state index in [1.807, 2.05) is 6.92 Å². The molecule has 120 valence electrons. The van der Waals surface area contributed by atoms with Gasteiger partial charge in [-0.05, 0) is 37.3 Å².